The molecule has 2 rings (SSSR count). The number of hydrogen-bond acceptors (Lipinski definition) is 5. The molecule has 2 N–H and O–H groups in total. The van der Waals surface area contributed by atoms with Gasteiger partial charge in [0.1, 0.15) is 5.52 Å². The summed E-state index contributed by atoms with van der Waals surface area (Å²) in [4.78, 5) is 11.2. The van der Waals surface area contributed by atoms with Crippen molar-refractivity contribution in [1.82, 2.24) is 19.5 Å². The third kappa shape index (κ3) is 1.66. The third-order valence-electron chi connectivity index (χ3n) is 1.78. The summed E-state index contributed by atoms with van der Waals surface area (Å²) in [5.74, 6) is 0. The molecule has 0 aliphatic carbocycles. The molecule has 0 aliphatic rings. The maximum Gasteiger partial charge on any atom is 0.257 e. The summed E-state index contributed by atoms with van der Waals surface area (Å²) in [6.45, 7) is 0. The summed E-state index contributed by atoms with van der Waals surface area (Å²) < 4.78 is 23.9. The molecule has 15 heavy (non-hydrogen) atoms. The minimum absolute atomic E-state index is 0.196. The van der Waals surface area contributed by atoms with Crippen LogP contribution in [0.3, 0.4) is 0 Å². The number of rotatable bonds is 1. The number of aryl methyl sites for hydroxylation is 1. The van der Waals surface area contributed by atoms with Crippen LogP contribution in [0.2, 0.25) is 5.28 Å². The second-order valence-corrected chi connectivity index (χ2v) is 4.69. The molecule has 0 aromatic carbocycles. The largest absolute Gasteiger partial charge is 0.330 e. The number of aromatic nitrogens is 4. The van der Waals surface area contributed by atoms with Crippen LogP contribution >= 0.6 is 11.6 Å². The maximum absolute atomic E-state index is 11.2. The molecule has 0 saturated carbocycles. The van der Waals surface area contributed by atoms with E-state index >= 15 is 0 Å². The first-order valence-electron chi connectivity index (χ1n) is 3.77. The van der Waals surface area contributed by atoms with Gasteiger partial charge in [-0.25, -0.2) is 23.5 Å². The van der Waals surface area contributed by atoms with E-state index < -0.39 is 10.0 Å². The van der Waals surface area contributed by atoms with E-state index in [4.69, 9.17) is 16.7 Å². The lowest BCUT2D eigenvalue weighted by atomic mass is 10.5. The SMILES string of the molecule is Cn1cnc2nc(Cl)nc(S(N)(=O)=O)c21. The van der Waals surface area contributed by atoms with Crippen LogP contribution in [0.15, 0.2) is 11.4 Å². The van der Waals surface area contributed by atoms with Crippen LogP contribution in [0, 0.1) is 0 Å². The third-order valence-corrected chi connectivity index (χ3v) is 2.77. The molecule has 7 nitrogen and oxygen atoms in total. The normalized spacial score (nSPS) is 12.2. The predicted molar refractivity (Wildman–Crippen MR) is 52.7 cm³/mol. The molecule has 0 saturated heterocycles. The van der Waals surface area contributed by atoms with E-state index in [9.17, 15) is 8.42 Å². The van der Waals surface area contributed by atoms with Crippen LogP contribution in [-0.4, -0.2) is 27.9 Å². The van der Waals surface area contributed by atoms with Gasteiger partial charge in [0.05, 0.1) is 6.33 Å². The molecule has 0 aliphatic heterocycles. The van der Waals surface area contributed by atoms with Crippen molar-refractivity contribution in [3.05, 3.63) is 11.6 Å². The van der Waals surface area contributed by atoms with Crippen molar-refractivity contribution >= 4 is 32.8 Å². The quantitative estimate of drug-likeness (QED) is 0.549. The van der Waals surface area contributed by atoms with E-state index in [0.29, 0.717) is 0 Å². The fraction of sp³-hybridized carbons (Fsp3) is 0.167. The number of halogens is 1. The fourth-order valence-electron chi connectivity index (χ4n) is 1.19. The highest BCUT2D eigenvalue weighted by Gasteiger charge is 2.19. The highest BCUT2D eigenvalue weighted by Crippen LogP contribution is 2.18. The smallest absolute Gasteiger partial charge is 0.257 e. The Bertz CT molecular complexity index is 634. The molecule has 0 fully saturated rings. The van der Waals surface area contributed by atoms with Gasteiger partial charge in [-0.2, -0.15) is 4.98 Å². The van der Waals surface area contributed by atoms with Gasteiger partial charge in [0.2, 0.25) is 10.3 Å². The van der Waals surface area contributed by atoms with E-state index in [1.165, 1.54) is 10.9 Å². The molecule has 0 bridgehead atoms. The number of sulfonamides is 1. The van der Waals surface area contributed by atoms with Crippen molar-refractivity contribution in [2.45, 2.75) is 5.03 Å². The first-order valence-corrected chi connectivity index (χ1v) is 5.69. The molecule has 0 unspecified atom stereocenters. The van der Waals surface area contributed by atoms with Crippen molar-refractivity contribution in [2.24, 2.45) is 12.2 Å². The lowest BCUT2D eigenvalue weighted by Gasteiger charge is -2.01. The van der Waals surface area contributed by atoms with Crippen LogP contribution in [-0.2, 0) is 17.1 Å². The summed E-state index contributed by atoms with van der Waals surface area (Å²) in [6, 6.07) is 0. The van der Waals surface area contributed by atoms with Crippen LogP contribution < -0.4 is 5.14 Å². The summed E-state index contributed by atoms with van der Waals surface area (Å²) in [6.07, 6.45) is 1.41. The zero-order valence-corrected chi connectivity index (χ0v) is 9.12. The molecule has 2 aromatic rings. The summed E-state index contributed by atoms with van der Waals surface area (Å²) in [5.41, 5.74) is 0.434. The van der Waals surface area contributed by atoms with Gasteiger partial charge in [0.25, 0.3) is 10.0 Å². The number of primary sulfonamides is 1. The van der Waals surface area contributed by atoms with Gasteiger partial charge in [-0.15, -0.1) is 0 Å². The Labute approximate surface area is 90.0 Å². The van der Waals surface area contributed by atoms with Crippen molar-refractivity contribution in [3.63, 3.8) is 0 Å². The molecule has 9 heteroatoms. The van der Waals surface area contributed by atoms with Crippen molar-refractivity contribution < 1.29 is 8.42 Å². The molecular formula is C6H6ClN5O2S. The minimum atomic E-state index is -3.94. The van der Waals surface area contributed by atoms with Crippen LogP contribution in [0.4, 0.5) is 0 Å². The van der Waals surface area contributed by atoms with Crippen LogP contribution in [0.25, 0.3) is 11.2 Å². The second-order valence-electron chi connectivity index (χ2n) is 2.87. The van der Waals surface area contributed by atoms with E-state index in [-0.39, 0.29) is 21.5 Å². The van der Waals surface area contributed by atoms with Crippen LogP contribution in [0.1, 0.15) is 0 Å². The highest BCUT2D eigenvalue weighted by atomic mass is 35.5. The standard InChI is InChI=1S/C6H6ClN5O2S/c1-12-2-9-4-3(12)5(15(8,13)14)11-6(7)10-4/h2H,1H3,(H2,8,13,14). The lowest BCUT2D eigenvalue weighted by Crippen LogP contribution is -2.16. The molecule has 0 amide bonds. The van der Waals surface area contributed by atoms with Gasteiger partial charge in [0, 0.05) is 7.05 Å². The zero-order chi connectivity index (χ0) is 11.2. The van der Waals surface area contributed by atoms with Gasteiger partial charge in [0.15, 0.2) is 5.65 Å². The summed E-state index contributed by atoms with van der Waals surface area (Å²) >= 11 is 5.55. The number of imidazole rings is 1. The van der Waals surface area contributed by atoms with Crippen LogP contribution in [0.5, 0.6) is 0 Å². The fourth-order valence-corrected chi connectivity index (χ4v) is 2.13. The number of fused-ring (bicyclic) bond motifs is 1. The highest BCUT2D eigenvalue weighted by molar-refractivity contribution is 7.89. The van der Waals surface area contributed by atoms with Crippen molar-refractivity contribution in [3.8, 4) is 0 Å². The van der Waals surface area contributed by atoms with Crippen molar-refractivity contribution in [2.75, 3.05) is 0 Å². The molecule has 0 atom stereocenters. The van der Waals surface area contributed by atoms with E-state index in [0.717, 1.165) is 0 Å². The van der Waals surface area contributed by atoms with Gasteiger partial charge in [-0.1, -0.05) is 0 Å². The Kier molecular flexibility index (Phi) is 2.14. The average Bonchev–Trinajstić information content (AvgIpc) is 2.44. The topological polar surface area (TPSA) is 104 Å². The molecule has 2 aromatic heterocycles. The molecule has 80 valence electrons. The van der Waals surface area contributed by atoms with E-state index in [2.05, 4.69) is 15.0 Å². The first-order chi connectivity index (χ1) is 6.89. The average molecular weight is 248 g/mol. The van der Waals surface area contributed by atoms with E-state index in [1.54, 1.807) is 7.05 Å². The molecule has 0 spiro atoms. The Balaban J connectivity index is 2.99. The zero-order valence-electron chi connectivity index (χ0n) is 7.55. The van der Waals surface area contributed by atoms with Gasteiger partial charge < -0.3 is 4.57 Å². The molecular weight excluding hydrogens is 242 g/mol. The molecule has 2 heterocycles. The monoisotopic (exact) mass is 247 g/mol. The van der Waals surface area contributed by atoms with Gasteiger partial charge >= 0.3 is 0 Å². The summed E-state index contributed by atoms with van der Waals surface area (Å²) in [5, 5.41) is 4.48. The number of hydrogen-bond donors (Lipinski definition) is 1. The number of nitrogens with two attached hydrogens (primary N) is 1. The number of nitrogens with zero attached hydrogens (tertiary/aromatic N) is 4. The van der Waals surface area contributed by atoms with Gasteiger partial charge in [-0.3, -0.25) is 0 Å². The van der Waals surface area contributed by atoms with E-state index in [1.807, 2.05) is 0 Å². The Morgan fingerprint density at radius 3 is 2.73 bits per heavy atom. The minimum Gasteiger partial charge on any atom is -0.330 e. The Hall–Kier alpha value is -1.25. The first kappa shape index (κ1) is 10.3. The Morgan fingerprint density at radius 1 is 1.47 bits per heavy atom. The Morgan fingerprint density at radius 2 is 2.13 bits per heavy atom. The maximum atomic E-state index is 11.2. The summed E-state index contributed by atoms with van der Waals surface area (Å²) in [7, 11) is -2.33. The molecule has 0 radical (unpaired) electrons. The second kappa shape index (κ2) is 3.12. The lowest BCUT2D eigenvalue weighted by molar-refractivity contribution is 0.594. The van der Waals surface area contributed by atoms with Crippen molar-refractivity contribution in [1.29, 1.82) is 0 Å². The predicted octanol–water partition coefficient (Wildman–Crippen LogP) is -0.336. The van der Waals surface area contributed by atoms with Gasteiger partial charge in [-0.05, 0) is 11.6 Å².